The molecule has 6 nitrogen and oxygen atoms in total. The van der Waals surface area contributed by atoms with E-state index in [9.17, 15) is 4.79 Å². The highest BCUT2D eigenvalue weighted by Crippen LogP contribution is 2.24. The van der Waals surface area contributed by atoms with E-state index in [-0.39, 0.29) is 11.9 Å². The number of amides is 1. The SMILES string of the molecule is C[C@@H]1CN(C)CCN1C(=O)c1cccnc1Oc1cccnc1. The van der Waals surface area contributed by atoms with Crippen LogP contribution in [0, 0.1) is 0 Å². The number of carbonyl (C=O) groups is 1. The molecule has 23 heavy (non-hydrogen) atoms. The first-order valence-electron chi connectivity index (χ1n) is 7.67. The first kappa shape index (κ1) is 15.4. The van der Waals surface area contributed by atoms with Crippen LogP contribution in [-0.4, -0.2) is 58.4 Å². The van der Waals surface area contributed by atoms with Crippen molar-refractivity contribution in [1.82, 2.24) is 19.8 Å². The lowest BCUT2D eigenvalue weighted by atomic mass is 10.1. The second kappa shape index (κ2) is 6.75. The van der Waals surface area contributed by atoms with E-state index >= 15 is 0 Å². The molecule has 0 spiro atoms. The number of nitrogens with zero attached hydrogens (tertiary/aromatic N) is 4. The fraction of sp³-hybridized carbons (Fsp3) is 0.353. The largest absolute Gasteiger partial charge is 0.437 e. The molecule has 120 valence electrons. The molecule has 0 radical (unpaired) electrons. The molecular formula is C17H20N4O2. The second-order valence-electron chi connectivity index (χ2n) is 5.76. The van der Waals surface area contributed by atoms with Gasteiger partial charge in [-0.2, -0.15) is 0 Å². The van der Waals surface area contributed by atoms with Crippen LogP contribution >= 0.6 is 0 Å². The summed E-state index contributed by atoms with van der Waals surface area (Å²) in [6.45, 7) is 4.50. The Morgan fingerprint density at radius 1 is 1.26 bits per heavy atom. The Bertz CT molecular complexity index is 677. The number of aromatic nitrogens is 2. The van der Waals surface area contributed by atoms with E-state index in [2.05, 4.69) is 28.8 Å². The van der Waals surface area contributed by atoms with Crippen molar-refractivity contribution >= 4 is 5.91 Å². The molecule has 1 aliphatic rings. The zero-order valence-electron chi connectivity index (χ0n) is 13.3. The van der Waals surface area contributed by atoms with Crippen LogP contribution in [0.4, 0.5) is 0 Å². The summed E-state index contributed by atoms with van der Waals surface area (Å²) in [5, 5.41) is 0. The lowest BCUT2D eigenvalue weighted by Gasteiger charge is -2.38. The number of hydrogen-bond donors (Lipinski definition) is 0. The van der Waals surface area contributed by atoms with Crippen LogP contribution in [0.2, 0.25) is 0 Å². The highest BCUT2D eigenvalue weighted by molar-refractivity contribution is 5.96. The predicted molar refractivity (Wildman–Crippen MR) is 86.5 cm³/mol. The van der Waals surface area contributed by atoms with Crippen molar-refractivity contribution in [1.29, 1.82) is 0 Å². The molecular weight excluding hydrogens is 292 g/mol. The topological polar surface area (TPSA) is 58.6 Å². The highest BCUT2D eigenvalue weighted by Gasteiger charge is 2.28. The van der Waals surface area contributed by atoms with Gasteiger partial charge in [0.15, 0.2) is 0 Å². The van der Waals surface area contributed by atoms with Gasteiger partial charge in [-0.3, -0.25) is 9.78 Å². The third kappa shape index (κ3) is 3.48. The van der Waals surface area contributed by atoms with Gasteiger partial charge in [-0.1, -0.05) is 0 Å². The Morgan fingerprint density at radius 3 is 2.83 bits per heavy atom. The fourth-order valence-electron chi connectivity index (χ4n) is 2.75. The first-order valence-corrected chi connectivity index (χ1v) is 7.67. The summed E-state index contributed by atoms with van der Waals surface area (Å²) in [4.78, 5) is 25.2. The van der Waals surface area contributed by atoms with Crippen LogP contribution in [0.5, 0.6) is 11.6 Å². The predicted octanol–water partition coefficient (Wildman–Crippen LogP) is 2.04. The Labute approximate surface area is 135 Å². The number of rotatable bonds is 3. The van der Waals surface area contributed by atoms with Gasteiger partial charge in [-0.15, -0.1) is 0 Å². The van der Waals surface area contributed by atoms with Gasteiger partial charge >= 0.3 is 0 Å². The van der Waals surface area contributed by atoms with Crippen molar-refractivity contribution in [2.24, 2.45) is 0 Å². The van der Waals surface area contributed by atoms with Crippen molar-refractivity contribution < 1.29 is 9.53 Å². The molecule has 0 N–H and O–H groups in total. The number of ether oxygens (including phenoxy) is 1. The van der Waals surface area contributed by atoms with Crippen molar-refractivity contribution in [3.63, 3.8) is 0 Å². The van der Waals surface area contributed by atoms with E-state index in [0.717, 1.165) is 13.1 Å². The lowest BCUT2D eigenvalue weighted by Crippen LogP contribution is -2.52. The van der Waals surface area contributed by atoms with Gasteiger partial charge in [-0.05, 0) is 38.2 Å². The number of pyridine rings is 2. The highest BCUT2D eigenvalue weighted by atomic mass is 16.5. The zero-order valence-corrected chi connectivity index (χ0v) is 13.3. The molecule has 6 heteroatoms. The Balaban J connectivity index is 1.84. The quantitative estimate of drug-likeness (QED) is 0.868. The number of likely N-dealkylation sites (N-methyl/N-ethyl adjacent to an activating group) is 1. The number of carbonyl (C=O) groups excluding carboxylic acids is 1. The van der Waals surface area contributed by atoms with Crippen LogP contribution < -0.4 is 4.74 Å². The minimum Gasteiger partial charge on any atom is -0.437 e. The summed E-state index contributed by atoms with van der Waals surface area (Å²) in [6.07, 6.45) is 4.89. The van der Waals surface area contributed by atoms with Gasteiger partial charge in [0.05, 0.1) is 6.20 Å². The van der Waals surface area contributed by atoms with Gasteiger partial charge in [0.1, 0.15) is 11.3 Å². The monoisotopic (exact) mass is 312 g/mol. The van der Waals surface area contributed by atoms with Crippen molar-refractivity contribution in [2.45, 2.75) is 13.0 Å². The van der Waals surface area contributed by atoms with E-state index in [4.69, 9.17) is 4.74 Å². The molecule has 0 aliphatic carbocycles. The van der Waals surface area contributed by atoms with Crippen molar-refractivity contribution in [3.8, 4) is 11.6 Å². The molecule has 0 aromatic carbocycles. The van der Waals surface area contributed by atoms with Crippen molar-refractivity contribution in [2.75, 3.05) is 26.7 Å². The molecule has 0 bridgehead atoms. The van der Waals surface area contributed by atoms with Crippen LogP contribution in [0.1, 0.15) is 17.3 Å². The Morgan fingerprint density at radius 2 is 2.09 bits per heavy atom. The molecule has 1 aliphatic heterocycles. The Kier molecular flexibility index (Phi) is 4.52. The van der Waals surface area contributed by atoms with E-state index < -0.39 is 0 Å². The first-order chi connectivity index (χ1) is 11.1. The van der Waals surface area contributed by atoms with Gasteiger partial charge < -0.3 is 14.5 Å². The van der Waals surface area contributed by atoms with E-state index in [1.165, 1.54) is 0 Å². The molecule has 1 saturated heterocycles. The van der Waals surface area contributed by atoms with E-state index in [1.54, 1.807) is 42.9 Å². The molecule has 1 amide bonds. The van der Waals surface area contributed by atoms with Crippen molar-refractivity contribution in [3.05, 3.63) is 48.4 Å². The molecule has 2 aromatic rings. The van der Waals surface area contributed by atoms with Gasteiger partial charge in [0.25, 0.3) is 5.91 Å². The summed E-state index contributed by atoms with van der Waals surface area (Å²) in [5.41, 5.74) is 0.479. The summed E-state index contributed by atoms with van der Waals surface area (Å²) in [5.74, 6) is 0.834. The average molecular weight is 312 g/mol. The molecule has 3 heterocycles. The minimum atomic E-state index is -0.0439. The molecule has 3 rings (SSSR count). The third-order valence-corrected chi connectivity index (χ3v) is 3.94. The standard InChI is InChI=1S/C17H20N4O2/c1-13-12-20(2)9-10-21(13)17(22)15-6-4-8-19-16(15)23-14-5-3-7-18-11-14/h3-8,11,13H,9-10,12H2,1-2H3/t13-/m1/s1. The zero-order chi connectivity index (χ0) is 16.2. The van der Waals surface area contributed by atoms with Gasteiger partial charge in [-0.25, -0.2) is 4.98 Å². The smallest absolute Gasteiger partial charge is 0.259 e. The van der Waals surface area contributed by atoms with Crippen LogP contribution in [-0.2, 0) is 0 Å². The van der Waals surface area contributed by atoms with Crippen LogP contribution in [0.15, 0.2) is 42.9 Å². The van der Waals surface area contributed by atoms with Gasteiger partial charge in [0.2, 0.25) is 5.88 Å². The van der Waals surface area contributed by atoms with E-state index in [0.29, 0.717) is 23.7 Å². The lowest BCUT2D eigenvalue weighted by molar-refractivity contribution is 0.0530. The fourth-order valence-corrected chi connectivity index (χ4v) is 2.75. The maximum absolute atomic E-state index is 12.9. The van der Waals surface area contributed by atoms with Gasteiger partial charge in [0, 0.05) is 38.1 Å². The Hall–Kier alpha value is -2.47. The number of hydrogen-bond acceptors (Lipinski definition) is 5. The molecule has 1 atom stereocenters. The summed E-state index contributed by atoms with van der Waals surface area (Å²) in [7, 11) is 2.07. The maximum Gasteiger partial charge on any atom is 0.259 e. The summed E-state index contributed by atoms with van der Waals surface area (Å²) >= 11 is 0. The number of piperazine rings is 1. The second-order valence-corrected chi connectivity index (χ2v) is 5.76. The normalized spacial score (nSPS) is 18.7. The molecule has 2 aromatic heterocycles. The summed E-state index contributed by atoms with van der Waals surface area (Å²) < 4.78 is 5.75. The summed E-state index contributed by atoms with van der Waals surface area (Å²) in [6, 6.07) is 7.24. The minimum absolute atomic E-state index is 0.0439. The molecule has 0 unspecified atom stereocenters. The van der Waals surface area contributed by atoms with E-state index in [1.807, 2.05) is 4.90 Å². The third-order valence-electron chi connectivity index (χ3n) is 3.94. The van der Waals surface area contributed by atoms with Crippen LogP contribution in [0.25, 0.3) is 0 Å². The average Bonchev–Trinajstić information content (AvgIpc) is 2.56. The van der Waals surface area contributed by atoms with Crippen LogP contribution in [0.3, 0.4) is 0 Å². The molecule has 0 saturated carbocycles. The maximum atomic E-state index is 12.9. The molecule has 1 fully saturated rings.